The summed E-state index contributed by atoms with van der Waals surface area (Å²) in [5.41, 5.74) is 8.06. The zero-order chi connectivity index (χ0) is 18.1. The fraction of sp³-hybridized carbons (Fsp3) is 0.222. The van der Waals surface area contributed by atoms with Crippen LogP contribution in [0.5, 0.6) is 0 Å². The Kier molecular flexibility index (Phi) is 5.33. The van der Waals surface area contributed by atoms with E-state index >= 15 is 0 Å². The summed E-state index contributed by atoms with van der Waals surface area (Å²) in [4.78, 5) is 19.6. The second-order valence-electron chi connectivity index (χ2n) is 6.06. The molecule has 2 unspecified atom stereocenters. The number of aliphatic imine (C=N–C) groups is 1. The Hall–Kier alpha value is -1.38. The number of nitrogens with one attached hydrogen (secondary N) is 2. The van der Waals surface area contributed by atoms with Crippen LogP contribution < -0.4 is 15.8 Å². The first-order valence-corrected chi connectivity index (χ1v) is 10.3. The maximum absolute atomic E-state index is 13.1. The van der Waals surface area contributed by atoms with Gasteiger partial charge in [-0.2, -0.15) is 0 Å². The number of hydrogen-bond acceptors (Lipinski definition) is 5. The van der Waals surface area contributed by atoms with Crippen LogP contribution >= 0.6 is 39.3 Å². The first-order chi connectivity index (χ1) is 12.6. The molecule has 1 amide bonds. The highest BCUT2D eigenvalue weighted by Crippen LogP contribution is 2.31. The van der Waals surface area contributed by atoms with E-state index in [2.05, 4.69) is 38.9 Å². The molecule has 0 aliphatic carbocycles. The Balaban J connectivity index is 1.63. The summed E-state index contributed by atoms with van der Waals surface area (Å²) in [5, 5.41) is 1.33. The molecule has 2 aromatic rings. The van der Waals surface area contributed by atoms with Gasteiger partial charge in [-0.15, -0.1) is 0 Å². The number of anilines is 1. The highest BCUT2D eigenvalue weighted by molar-refractivity contribution is 9.10. The third-order valence-electron chi connectivity index (χ3n) is 4.27. The smallest absolute Gasteiger partial charge is 0.241 e. The average Bonchev–Trinajstić information content (AvgIpc) is 3.10. The summed E-state index contributed by atoms with van der Waals surface area (Å²) < 4.78 is 1.04. The number of amidine groups is 1. The first kappa shape index (κ1) is 18.0. The molecular weight excluding hydrogens is 436 g/mol. The highest BCUT2D eigenvalue weighted by atomic mass is 79.9. The molecule has 134 valence electrons. The number of fused-ring (bicyclic) bond motifs is 1. The minimum Gasteiger partial charge on any atom is -0.274 e. The van der Waals surface area contributed by atoms with Gasteiger partial charge in [0.15, 0.2) is 5.17 Å². The van der Waals surface area contributed by atoms with E-state index in [4.69, 9.17) is 16.6 Å². The van der Waals surface area contributed by atoms with Crippen LogP contribution in [0.3, 0.4) is 0 Å². The number of thioether (sulfide) groups is 1. The molecule has 1 fully saturated rings. The van der Waals surface area contributed by atoms with Gasteiger partial charge in [0.05, 0.1) is 11.6 Å². The Morgan fingerprint density at radius 2 is 2.08 bits per heavy atom. The van der Waals surface area contributed by atoms with E-state index in [0.29, 0.717) is 16.7 Å². The summed E-state index contributed by atoms with van der Waals surface area (Å²) >= 11 is 11.1. The molecule has 26 heavy (non-hydrogen) atoms. The van der Waals surface area contributed by atoms with Crippen molar-refractivity contribution in [3.63, 3.8) is 0 Å². The second kappa shape index (κ2) is 7.70. The third-order valence-corrected chi connectivity index (χ3v) is 6.04. The first-order valence-electron chi connectivity index (χ1n) is 8.15. The predicted molar refractivity (Wildman–Crippen MR) is 110 cm³/mol. The van der Waals surface area contributed by atoms with Gasteiger partial charge in [0.1, 0.15) is 6.17 Å². The molecule has 8 heteroatoms. The molecule has 0 saturated carbocycles. The third kappa shape index (κ3) is 3.68. The highest BCUT2D eigenvalue weighted by Gasteiger charge is 2.42. The summed E-state index contributed by atoms with van der Waals surface area (Å²) in [6, 6.07) is 15.4. The fourth-order valence-corrected chi connectivity index (χ4v) is 4.53. The lowest BCUT2D eigenvalue weighted by Gasteiger charge is -2.32. The molecule has 2 heterocycles. The Labute approximate surface area is 169 Å². The molecule has 0 radical (unpaired) electrons. The monoisotopic (exact) mass is 450 g/mol. The standard InChI is InChI=1S/C18H16BrClN4OS/c19-12-3-1-2-11(8-12)10-26-18-22-16-15(9-21-23-16)17(25)24(18)14-6-4-13(20)5-7-14/h1-8,15-16,21,23H,9-10H2. The van der Waals surface area contributed by atoms with Crippen LogP contribution in [0.2, 0.25) is 5.02 Å². The van der Waals surface area contributed by atoms with E-state index in [1.807, 2.05) is 24.3 Å². The SMILES string of the molecule is O=C1C2CNNC2N=C(SCc2cccc(Br)c2)N1c1ccc(Cl)cc1. The van der Waals surface area contributed by atoms with Crippen molar-refractivity contribution in [2.45, 2.75) is 11.9 Å². The maximum Gasteiger partial charge on any atom is 0.241 e. The Bertz CT molecular complexity index is 861. The number of hydrazine groups is 1. The molecule has 2 atom stereocenters. The predicted octanol–water partition coefficient (Wildman–Crippen LogP) is 3.79. The van der Waals surface area contributed by atoms with Gasteiger partial charge in [0.25, 0.3) is 0 Å². The lowest BCUT2D eigenvalue weighted by Crippen LogP contribution is -2.49. The van der Waals surface area contributed by atoms with Gasteiger partial charge in [0, 0.05) is 21.8 Å². The van der Waals surface area contributed by atoms with E-state index < -0.39 is 0 Å². The molecule has 5 nitrogen and oxygen atoms in total. The molecule has 1 saturated heterocycles. The van der Waals surface area contributed by atoms with Crippen molar-refractivity contribution < 1.29 is 4.79 Å². The second-order valence-corrected chi connectivity index (χ2v) is 8.35. The molecule has 2 aliphatic heterocycles. The van der Waals surface area contributed by atoms with Gasteiger partial charge >= 0.3 is 0 Å². The van der Waals surface area contributed by atoms with Crippen LogP contribution in [0.1, 0.15) is 5.56 Å². The van der Waals surface area contributed by atoms with Crippen molar-refractivity contribution in [2.75, 3.05) is 11.4 Å². The number of carbonyl (C=O) groups is 1. The zero-order valence-corrected chi connectivity index (χ0v) is 16.8. The number of hydrogen-bond donors (Lipinski definition) is 2. The normalized spacial score (nSPS) is 22.3. The lowest BCUT2D eigenvalue weighted by atomic mass is 10.0. The molecule has 0 aromatic heterocycles. The van der Waals surface area contributed by atoms with Crippen molar-refractivity contribution in [3.05, 3.63) is 63.6 Å². The minimum atomic E-state index is -0.226. The van der Waals surface area contributed by atoms with Crippen LogP contribution in [-0.4, -0.2) is 23.8 Å². The minimum absolute atomic E-state index is 0.0431. The molecule has 2 aromatic carbocycles. The Morgan fingerprint density at radius 3 is 2.85 bits per heavy atom. The number of halogens is 2. The van der Waals surface area contributed by atoms with E-state index in [0.717, 1.165) is 21.5 Å². The summed E-state index contributed by atoms with van der Waals surface area (Å²) in [6.45, 7) is 0.570. The Morgan fingerprint density at radius 1 is 1.27 bits per heavy atom. The van der Waals surface area contributed by atoms with Crippen LogP contribution in [-0.2, 0) is 10.5 Å². The van der Waals surface area contributed by atoms with Gasteiger partial charge in [-0.3, -0.25) is 15.1 Å². The number of rotatable bonds is 3. The van der Waals surface area contributed by atoms with Gasteiger partial charge in [-0.25, -0.2) is 10.4 Å². The largest absolute Gasteiger partial charge is 0.274 e. The zero-order valence-electron chi connectivity index (χ0n) is 13.7. The fourth-order valence-electron chi connectivity index (χ4n) is 2.97. The van der Waals surface area contributed by atoms with Crippen molar-refractivity contribution in [2.24, 2.45) is 10.9 Å². The van der Waals surface area contributed by atoms with Crippen LogP contribution in [0, 0.1) is 5.92 Å². The van der Waals surface area contributed by atoms with E-state index in [1.54, 1.807) is 28.8 Å². The molecular formula is C18H16BrClN4OS. The maximum atomic E-state index is 13.1. The van der Waals surface area contributed by atoms with Gasteiger partial charge in [0.2, 0.25) is 5.91 Å². The molecule has 0 spiro atoms. The van der Waals surface area contributed by atoms with E-state index in [9.17, 15) is 4.79 Å². The molecule has 4 rings (SSSR count). The average molecular weight is 452 g/mol. The molecule has 2 N–H and O–H groups in total. The van der Waals surface area contributed by atoms with Crippen LogP contribution in [0.15, 0.2) is 58.0 Å². The van der Waals surface area contributed by atoms with Crippen molar-refractivity contribution in [1.82, 2.24) is 10.9 Å². The quantitative estimate of drug-likeness (QED) is 0.745. The number of amides is 1. The van der Waals surface area contributed by atoms with Crippen molar-refractivity contribution in [3.8, 4) is 0 Å². The summed E-state index contributed by atoms with van der Waals surface area (Å²) in [7, 11) is 0. The van der Waals surface area contributed by atoms with Gasteiger partial charge in [-0.1, -0.05) is 51.4 Å². The van der Waals surface area contributed by atoms with E-state index in [1.165, 1.54) is 0 Å². The summed E-state index contributed by atoms with van der Waals surface area (Å²) in [5.74, 6) is 0.558. The number of benzene rings is 2. The van der Waals surface area contributed by atoms with Gasteiger partial charge in [-0.05, 0) is 42.0 Å². The van der Waals surface area contributed by atoms with Crippen LogP contribution in [0.4, 0.5) is 5.69 Å². The number of nitrogens with zero attached hydrogens (tertiary/aromatic N) is 2. The number of carbonyl (C=O) groups excluding carboxylic acids is 1. The van der Waals surface area contributed by atoms with Crippen molar-refractivity contribution in [1.29, 1.82) is 0 Å². The van der Waals surface area contributed by atoms with Crippen LogP contribution in [0.25, 0.3) is 0 Å². The topological polar surface area (TPSA) is 56.7 Å². The molecule has 0 bridgehead atoms. The molecule has 2 aliphatic rings. The summed E-state index contributed by atoms with van der Waals surface area (Å²) in [6.07, 6.45) is -0.226. The van der Waals surface area contributed by atoms with E-state index in [-0.39, 0.29) is 18.0 Å². The lowest BCUT2D eigenvalue weighted by molar-refractivity contribution is -0.121. The van der Waals surface area contributed by atoms with Crippen molar-refractivity contribution >= 4 is 56.1 Å². The van der Waals surface area contributed by atoms with Gasteiger partial charge < -0.3 is 0 Å².